The minimum absolute atomic E-state index is 0.193. The molecule has 3 aromatic rings. The van der Waals surface area contributed by atoms with Crippen LogP contribution in [0.15, 0.2) is 18.3 Å². The summed E-state index contributed by atoms with van der Waals surface area (Å²) in [5, 5.41) is 40.9. The molecule has 186 valence electrons. The summed E-state index contributed by atoms with van der Waals surface area (Å²) >= 11 is 6.89. The Hall–Kier alpha value is -3.44. The van der Waals surface area contributed by atoms with E-state index in [0.717, 1.165) is 44.3 Å². The largest absolute Gasteiger partial charge is 0.389 e. The van der Waals surface area contributed by atoms with Gasteiger partial charge in [-0.2, -0.15) is 20.0 Å². The normalized spacial score (nSPS) is 17.1. The van der Waals surface area contributed by atoms with Crippen LogP contribution in [0, 0.1) is 22.7 Å². The fourth-order valence-corrected chi connectivity index (χ4v) is 5.01. The first-order valence-corrected chi connectivity index (χ1v) is 12.5. The smallest absolute Gasteiger partial charge is 0.247 e. The van der Waals surface area contributed by atoms with E-state index in [1.165, 1.54) is 10.7 Å². The molecule has 1 saturated carbocycles. The molecule has 0 amide bonds. The molecular formula is C25H28ClN9O. The minimum atomic E-state index is -0.739. The molecule has 0 atom stereocenters. The standard InChI is InChI=1S/C25H28ClN9O/c1-25(2,36)14-34-7-5-16(6-8-34)19-9-15(11-27)10-20(21(19)26)31-24-32-22(30-17-3-4-17)23-29-13-18(12-28)35(23)33-24/h9-10,13,16-17,36H,3-8,14H2,1-2H3,(H2,30,31,32,33). The van der Waals surface area contributed by atoms with E-state index in [1.807, 2.05) is 19.9 Å². The Labute approximate surface area is 214 Å². The number of aromatic nitrogens is 4. The summed E-state index contributed by atoms with van der Waals surface area (Å²) < 4.78 is 1.46. The number of β-amino-alcohol motifs (C(OH)–C–C–N with tert-alkyl or cyclic N) is 1. The number of nitriles is 2. The monoisotopic (exact) mass is 505 g/mol. The molecule has 3 N–H and O–H groups in total. The second kappa shape index (κ2) is 9.55. The Kier molecular flexibility index (Phi) is 6.44. The van der Waals surface area contributed by atoms with Crippen molar-refractivity contribution in [3.8, 4) is 12.1 Å². The number of nitrogens with one attached hydrogen (secondary N) is 2. The molecule has 5 rings (SSSR count). The van der Waals surface area contributed by atoms with Crippen LogP contribution in [0.2, 0.25) is 5.02 Å². The molecule has 11 heteroatoms. The molecule has 2 aromatic heterocycles. The zero-order chi connectivity index (χ0) is 25.4. The van der Waals surface area contributed by atoms with E-state index in [4.69, 9.17) is 11.6 Å². The van der Waals surface area contributed by atoms with E-state index in [2.05, 4.69) is 42.7 Å². The maximum absolute atomic E-state index is 10.2. The SMILES string of the molecule is CC(C)(O)CN1CCC(c2cc(C#N)cc(Nc3nc(NC4CC4)c4ncc(C#N)n4n3)c2Cl)CC1. The fourth-order valence-electron chi connectivity index (χ4n) is 4.70. The highest BCUT2D eigenvalue weighted by molar-refractivity contribution is 6.34. The highest BCUT2D eigenvalue weighted by atomic mass is 35.5. The van der Waals surface area contributed by atoms with Crippen molar-refractivity contribution >= 4 is 34.7 Å². The summed E-state index contributed by atoms with van der Waals surface area (Å²) in [7, 11) is 0. The second-order valence-electron chi connectivity index (χ2n) is 10.2. The van der Waals surface area contributed by atoms with Gasteiger partial charge in [0.05, 0.1) is 34.1 Å². The Morgan fingerprint density at radius 1 is 1.17 bits per heavy atom. The first-order chi connectivity index (χ1) is 17.2. The quantitative estimate of drug-likeness (QED) is 0.437. The summed E-state index contributed by atoms with van der Waals surface area (Å²) in [6.07, 6.45) is 5.33. The number of hydrogen-bond donors (Lipinski definition) is 3. The zero-order valence-electron chi connectivity index (χ0n) is 20.3. The van der Waals surface area contributed by atoms with Crippen LogP contribution in [0.1, 0.15) is 62.3 Å². The molecule has 0 bridgehead atoms. The predicted octanol–water partition coefficient (Wildman–Crippen LogP) is 3.79. The summed E-state index contributed by atoms with van der Waals surface area (Å²) in [5.41, 5.74) is 1.99. The van der Waals surface area contributed by atoms with Crippen LogP contribution in [0.25, 0.3) is 5.65 Å². The van der Waals surface area contributed by atoms with Gasteiger partial charge >= 0.3 is 0 Å². The van der Waals surface area contributed by atoms with Crippen molar-refractivity contribution < 1.29 is 5.11 Å². The Balaban J connectivity index is 1.44. The van der Waals surface area contributed by atoms with Gasteiger partial charge in [-0.1, -0.05) is 11.6 Å². The van der Waals surface area contributed by atoms with Gasteiger partial charge in [0.15, 0.2) is 17.2 Å². The maximum atomic E-state index is 10.2. The van der Waals surface area contributed by atoms with Gasteiger partial charge < -0.3 is 20.6 Å². The Morgan fingerprint density at radius 2 is 1.92 bits per heavy atom. The van der Waals surface area contributed by atoms with E-state index >= 15 is 0 Å². The summed E-state index contributed by atoms with van der Waals surface area (Å²) in [4.78, 5) is 11.2. The molecule has 1 aliphatic heterocycles. The van der Waals surface area contributed by atoms with Crippen LogP contribution in [0.5, 0.6) is 0 Å². The summed E-state index contributed by atoms with van der Waals surface area (Å²) in [6.45, 7) is 5.95. The first kappa shape index (κ1) is 24.3. The number of benzene rings is 1. The second-order valence-corrected chi connectivity index (χ2v) is 10.6. The average molecular weight is 506 g/mol. The number of anilines is 3. The Morgan fingerprint density at radius 3 is 2.56 bits per heavy atom. The van der Waals surface area contributed by atoms with Gasteiger partial charge in [0.25, 0.3) is 0 Å². The van der Waals surface area contributed by atoms with Crippen LogP contribution in [-0.4, -0.2) is 60.9 Å². The highest BCUT2D eigenvalue weighted by Crippen LogP contribution is 2.39. The zero-order valence-corrected chi connectivity index (χ0v) is 21.0. The molecule has 0 radical (unpaired) electrons. The van der Waals surface area contributed by atoms with Crippen molar-refractivity contribution in [1.29, 1.82) is 10.5 Å². The third kappa shape index (κ3) is 5.21. The molecule has 0 spiro atoms. The van der Waals surface area contributed by atoms with Gasteiger partial charge in [0.1, 0.15) is 6.07 Å². The van der Waals surface area contributed by atoms with Crippen LogP contribution in [0.4, 0.5) is 17.5 Å². The summed E-state index contributed by atoms with van der Waals surface area (Å²) in [6, 6.07) is 8.22. The first-order valence-electron chi connectivity index (χ1n) is 12.1. The molecular weight excluding hydrogens is 478 g/mol. The van der Waals surface area contributed by atoms with Gasteiger partial charge in [-0.05, 0) is 76.2 Å². The van der Waals surface area contributed by atoms with Crippen molar-refractivity contribution in [2.45, 2.75) is 57.1 Å². The number of nitrogens with zero attached hydrogens (tertiary/aromatic N) is 7. The van der Waals surface area contributed by atoms with Crippen LogP contribution in [-0.2, 0) is 0 Å². The molecule has 1 saturated heterocycles. The molecule has 1 aliphatic carbocycles. The third-order valence-corrected chi connectivity index (χ3v) is 6.93. The number of rotatable bonds is 7. The number of aliphatic hydroxyl groups is 1. The van der Waals surface area contributed by atoms with Crippen LogP contribution < -0.4 is 10.6 Å². The van der Waals surface area contributed by atoms with Gasteiger partial charge in [-0.3, -0.25) is 0 Å². The van der Waals surface area contributed by atoms with E-state index in [-0.39, 0.29) is 11.9 Å². The lowest BCUT2D eigenvalue weighted by Gasteiger charge is -2.35. The molecule has 2 fully saturated rings. The number of hydrogen-bond acceptors (Lipinski definition) is 9. The van der Waals surface area contributed by atoms with Crippen molar-refractivity contribution in [3.63, 3.8) is 0 Å². The van der Waals surface area contributed by atoms with E-state index in [9.17, 15) is 15.6 Å². The van der Waals surface area contributed by atoms with E-state index in [1.54, 1.807) is 6.07 Å². The van der Waals surface area contributed by atoms with Gasteiger partial charge in [0, 0.05) is 12.6 Å². The van der Waals surface area contributed by atoms with Crippen molar-refractivity contribution in [3.05, 3.63) is 40.2 Å². The van der Waals surface area contributed by atoms with E-state index in [0.29, 0.717) is 46.0 Å². The molecule has 1 aromatic carbocycles. The molecule has 2 aliphatic rings. The van der Waals surface area contributed by atoms with Crippen LogP contribution in [0.3, 0.4) is 0 Å². The number of halogens is 1. The van der Waals surface area contributed by atoms with Crippen LogP contribution >= 0.6 is 11.6 Å². The maximum Gasteiger partial charge on any atom is 0.247 e. The number of piperidine rings is 1. The average Bonchev–Trinajstić information content (AvgIpc) is 3.56. The topological polar surface area (TPSA) is 138 Å². The fraction of sp³-hybridized carbons (Fsp3) is 0.480. The predicted molar refractivity (Wildman–Crippen MR) is 136 cm³/mol. The van der Waals surface area contributed by atoms with Crippen molar-refractivity contribution in [1.82, 2.24) is 24.5 Å². The molecule has 0 unspecified atom stereocenters. The van der Waals surface area contributed by atoms with Gasteiger partial charge in [-0.25, -0.2) is 4.98 Å². The molecule has 36 heavy (non-hydrogen) atoms. The lowest BCUT2D eigenvalue weighted by molar-refractivity contribution is 0.0282. The molecule has 3 heterocycles. The lowest BCUT2D eigenvalue weighted by Crippen LogP contribution is -2.42. The van der Waals surface area contributed by atoms with Gasteiger partial charge in [0.2, 0.25) is 5.95 Å². The summed E-state index contributed by atoms with van der Waals surface area (Å²) in [5.74, 6) is 0.991. The number of imidazole rings is 1. The highest BCUT2D eigenvalue weighted by Gasteiger charge is 2.28. The Bertz CT molecular complexity index is 1370. The number of fused-ring (bicyclic) bond motifs is 1. The third-order valence-electron chi connectivity index (χ3n) is 6.51. The van der Waals surface area contributed by atoms with Crippen molar-refractivity contribution in [2.75, 3.05) is 30.3 Å². The number of likely N-dealkylation sites (tertiary alicyclic amines) is 1. The van der Waals surface area contributed by atoms with E-state index < -0.39 is 5.60 Å². The minimum Gasteiger partial charge on any atom is -0.389 e. The van der Waals surface area contributed by atoms with Crippen molar-refractivity contribution in [2.24, 2.45) is 0 Å². The van der Waals surface area contributed by atoms with Gasteiger partial charge in [-0.15, -0.1) is 5.10 Å². The lowest BCUT2D eigenvalue weighted by atomic mass is 9.87. The molecule has 10 nitrogen and oxygen atoms in total.